The number of nitrogens with zero attached hydrogens (tertiary/aromatic N) is 3. The molecule has 0 unspecified atom stereocenters. The van der Waals surface area contributed by atoms with Gasteiger partial charge in [-0.25, -0.2) is 9.59 Å². The van der Waals surface area contributed by atoms with E-state index in [1.165, 1.54) is 12.4 Å². The van der Waals surface area contributed by atoms with E-state index in [2.05, 4.69) is 9.97 Å². The average Bonchev–Trinajstić information content (AvgIpc) is 2.75. The number of ether oxygens (including phenoxy) is 4. The largest absolute Gasteiger partial charge is 1.00 e. The van der Waals surface area contributed by atoms with Gasteiger partial charge in [-0.1, -0.05) is 0 Å². The number of methoxy groups -OCH3 is 2. The van der Waals surface area contributed by atoms with Crippen molar-refractivity contribution in [2.45, 2.75) is 0 Å². The van der Waals surface area contributed by atoms with Crippen molar-refractivity contribution in [3.8, 4) is 0 Å². The van der Waals surface area contributed by atoms with E-state index < -0.39 is 5.09 Å². The van der Waals surface area contributed by atoms with E-state index in [4.69, 9.17) is 34.3 Å². The fraction of sp³-hybridized carbons (Fsp3) is 0.333. The van der Waals surface area contributed by atoms with E-state index in [1.807, 2.05) is 0 Å². The molecule has 2 aromatic rings. The Kier molecular flexibility index (Phi) is 19.9. The number of hydrogen-bond donors (Lipinski definition) is 0. The molecular weight excluding hydrogens is 510 g/mol. The van der Waals surface area contributed by atoms with Crippen LogP contribution in [-0.4, -0.2) is 67.6 Å². The van der Waals surface area contributed by atoms with Gasteiger partial charge in [-0.15, -0.1) is 0 Å². The summed E-state index contributed by atoms with van der Waals surface area (Å²) in [6.45, 7) is 1.35. The van der Waals surface area contributed by atoms with Gasteiger partial charge in [0.05, 0.1) is 29.4 Å². The minimum atomic E-state index is -1.75. The van der Waals surface area contributed by atoms with Gasteiger partial charge in [-0.05, 0) is 24.3 Å². The number of hydrogen-bond acceptors (Lipinski definition) is 11. The molecule has 0 fully saturated rings. The topological polar surface area (TPSA) is 163 Å². The normalized spacial score (nSPS) is 8.84. The summed E-state index contributed by atoms with van der Waals surface area (Å²) in [6.07, 6.45) is 6.14. The van der Waals surface area contributed by atoms with Crippen LogP contribution in [0.15, 0.2) is 49.1 Å². The first kappa shape index (κ1) is 30.3. The van der Waals surface area contributed by atoms with E-state index >= 15 is 0 Å². The summed E-state index contributed by atoms with van der Waals surface area (Å²) in [5.41, 5.74) is 0.914. The third-order valence-corrected chi connectivity index (χ3v) is 2.84. The molecule has 0 bridgehead atoms. The molecular formula is C18H22AgN3O9. The first-order valence-corrected chi connectivity index (χ1v) is 8.36. The molecule has 0 aliphatic rings. The molecule has 0 radical (unpaired) electrons. The van der Waals surface area contributed by atoms with Gasteiger partial charge < -0.3 is 34.3 Å². The predicted octanol–water partition coefficient (Wildman–Crippen LogP) is 1.53. The Bertz CT molecular complexity index is 675. The first-order chi connectivity index (χ1) is 14.4. The second-order valence-corrected chi connectivity index (χ2v) is 4.96. The zero-order valence-corrected chi connectivity index (χ0v) is 18.2. The SMILES string of the molecule is COCCOC(=O)c1cccnc1.COCCOC(=O)c1cccnc1.O=[N+]([O-])[O-].[Ag+]. The summed E-state index contributed by atoms with van der Waals surface area (Å²) < 4.78 is 19.2. The predicted molar refractivity (Wildman–Crippen MR) is 103 cm³/mol. The molecule has 12 nitrogen and oxygen atoms in total. The maximum absolute atomic E-state index is 11.2. The minimum absolute atomic E-state index is 0. The Hall–Kier alpha value is -2.90. The Labute approximate surface area is 194 Å². The van der Waals surface area contributed by atoms with Crippen LogP contribution in [0.4, 0.5) is 0 Å². The molecule has 2 aromatic heterocycles. The van der Waals surface area contributed by atoms with Crippen molar-refractivity contribution in [2.75, 3.05) is 40.6 Å². The van der Waals surface area contributed by atoms with Crippen molar-refractivity contribution < 1.29 is 56.0 Å². The fourth-order valence-corrected chi connectivity index (χ4v) is 1.57. The average molecular weight is 532 g/mol. The van der Waals surface area contributed by atoms with Crippen molar-refractivity contribution in [3.63, 3.8) is 0 Å². The van der Waals surface area contributed by atoms with Gasteiger partial charge in [0.15, 0.2) is 0 Å². The van der Waals surface area contributed by atoms with E-state index in [-0.39, 0.29) is 47.5 Å². The van der Waals surface area contributed by atoms with Crippen molar-refractivity contribution in [3.05, 3.63) is 75.5 Å². The Morgan fingerprint density at radius 1 is 0.839 bits per heavy atom. The number of esters is 2. The van der Waals surface area contributed by atoms with Gasteiger partial charge in [-0.3, -0.25) is 9.97 Å². The summed E-state index contributed by atoms with van der Waals surface area (Å²) in [5.74, 6) is -0.740. The zero-order chi connectivity index (χ0) is 22.6. The number of rotatable bonds is 8. The molecule has 0 atom stereocenters. The van der Waals surface area contributed by atoms with E-state index in [0.717, 1.165) is 0 Å². The quantitative estimate of drug-likeness (QED) is 0.159. The molecule has 2 rings (SSSR count). The summed E-state index contributed by atoms with van der Waals surface area (Å²) in [6, 6.07) is 6.68. The molecule has 0 aliphatic heterocycles. The molecule has 0 spiro atoms. The monoisotopic (exact) mass is 531 g/mol. The summed E-state index contributed by atoms with van der Waals surface area (Å²) in [5, 5.41) is 14.8. The van der Waals surface area contributed by atoms with Crippen LogP contribution >= 0.6 is 0 Å². The van der Waals surface area contributed by atoms with Gasteiger partial charge in [0.1, 0.15) is 13.2 Å². The summed E-state index contributed by atoms with van der Waals surface area (Å²) >= 11 is 0. The van der Waals surface area contributed by atoms with Crippen LogP contribution in [0, 0.1) is 15.3 Å². The van der Waals surface area contributed by atoms with Crippen LogP contribution in [0.25, 0.3) is 0 Å². The summed E-state index contributed by atoms with van der Waals surface area (Å²) in [4.78, 5) is 38.3. The number of pyridine rings is 2. The van der Waals surface area contributed by atoms with Crippen molar-refractivity contribution in [1.82, 2.24) is 9.97 Å². The molecule has 174 valence electrons. The number of carbonyl (C=O) groups excluding carboxylic acids is 2. The maximum atomic E-state index is 11.2. The van der Waals surface area contributed by atoms with Gasteiger partial charge in [-0.2, -0.15) is 0 Å². The van der Waals surface area contributed by atoms with Gasteiger partial charge >= 0.3 is 34.3 Å². The number of carbonyl (C=O) groups is 2. The smallest absolute Gasteiger partial charge is 0.460 e. The molecule has 13 heteroatoms. The second kappa shape index (κ2) is 20.4. The van der Waals surface area contributed by atoms with Crippen molar-refractivity contribution in [1.29, 1.82) is 0 Å². The zero-order valence-electron chi connectivity index (χ0n) is 16.8. The van der Waals surface area contributed by atoms with Crippen LogP contribution in [0.1, 0.15) is 20.7 Å². The molecule has 0 aliphatic carbocycles. The van der Waals surface area contributed by atoms with Crippen LogP contribution in [0.5, 0.6) is 0 Å². The number of aromatic nitrogens is 2. The molecule has 0 saturated heterocycles. The van der Waals surface area contributed by atoms with Crippen molar-refractivity contribution in [2.24, 2.45) is 0 Å². The van der Waals surface area contributed by atoms with Gasteiger partial charge in [0, 0.05) is 39.0 Å². The fourth-order valence-electron chi connectivity index (χ4n) is 1.57. The second-order valence-electron chi connectivity index (χ2n) is 4.96. The summed E-state index contributed by atoms with van der Waals surface area (Å²) in [7, 11) is 3.11. The van der Waals surface area contributed by atoms with Gasteiger partial charge in [0.2, 0.25) is 0 Å². The van der Waals surface area contributed by atoms with Crippen molar-refractivity contribution >= 4 is 11.9 Å². The van der Waals surface area contributed by atoms with Gasteiger partial charge in [0.25, 0.3) is 0 Å². The third kappa shape index (κ3) is 17.7. The molecule has 0 amide bonds. The van der Waals surface area contributed by atoms with Crippen LogP contribution in [0.2, 0.25) is 0 Å². The molecule has 0 N–H and O–H groups in total. The van der Waals surface area contributed by atoms with E-state index in [9.17, 15) is 9.59 Å². The van der Waals surface area contributed by atoms with Crippen LogP contribution < -0.4 is 0 Å². The molecule has 2 heterocycles. The Balaban J connectivity index is 0. The van der Waals surface area contributed by atoms with E-state index in [0.29, 0.717) is 24.3 Å². The first-order valence-electron chi connectivity index (χ1n) is 8.36. The maximum Gasteiger partial charge on any atom is 1.00 e. The standard InChI is InChI=1S/2C9H11NO3.Ag.NO3/c2*1-12-5-6-13-9(11)8-3-2-4-10-7-8;;2-1(3)4/h2*2-4,7H,5-6H2,1H3;;/q;;+1;-1. The molecule has 0 aromatic carbocycles. The third-order valence-electron chi connectivity index (χ3n) is 2.84. The van der Waals surface area contributed by atoms with E-state index in [1.54, 1.807) is 50.9 Å². The van der Waals surface area contributed by atoms with Crippen LogP contribution in [-0.2, 0) is 41.3 Å². The van der Waals surface area contributed by atoms with Crippen LogP contribution in [0.3, 0.4) is 0 Å². The Morgan fingerprint density at radius 2 is 1.19 bits per heavy atom. The molecule has 31 heavy (non-hydrogen) atoms. The Morgan fingerprint density at radius 3 is 1.45 bits per heavy atom. The molecule has 0 saturated carbocycles. The minimum Gasteiger partial charge on any atom is -0.460 e.